The summed E-state index contributed by atoms with van der Waals surface area (Å²) in [4.78, 5) is 2.00. The van der Waals surface area contributed by atoms with Crippen molar-refractivity contribution >= 4 is 0 Å². The Morgan fingerprint density at radius 1 is 1.05 bits per heavy atom. The van der Waals surface area contributed by atoms with E-state index in [1.807, 2.05) is 25.1 Å². The molecule has 0 amide bonds. The molecule has 1 atom stereocenters. The molecule has 2 rings (SSSR count). The fourth-order valence-electron chi connectivity index (χ4n) is 2.74. The number of rotatable bonds is 5. The van der Waals surface area contributed by atoms with Crippen molar-refractivity contribution in [3.05, 3.63) is 71.0 Å². The van der Waals surface area contributed by atoms with E-state index < -0.39 is 5.54 Å². The van der Waals surface area contributed by atoms with Crippen LogP contribution in [0.2, 0.25) is 0 Å². The Balaban J connectivity index is 2.37. The van der Waals surface area contributed by atoms with Gasteiger partial charge in [-0.05, 0) is 39.1 Å². The first-order valence-corrected chi connectivity index (χ1v) is 7.15. The third kappa shape index (κ3) is 3.90. The van der Waals surface area contributed by atoms with Gasteiger partial charge >= 0.3 is 0 Å². The van der Waals surface area contributed by atoms with Crippen LogP contribution in [-0.2, 0) is 12.0 Å². The Hall–Kier alpha value is -1.71. The second-order valence-corrected chi connectivity index (χ2v) is 6.04. The van der Waals surface area contributed by atoms with Crippen molar-refractivity contribution in [2.45, 2.75) is 18.9 Å². The summed E-state index contributed by atoms with van der Waals surface area (Å²) in [6.07, 6.45) is 0.604. The van der Waals surface area contributed by atoms with Gasteiger partial charge in [-0.3, -0.25) is 0 Å². The van der Waals surface area contributed by atoms with Gasteiger partial charge in [0, 0.05) is 12.1 Å². The molecule has 3 heteroatoms. The van der Waals surface area contributed by atoms with E-state index in [1.54, 1.807) is 12.1 Å². The Labute approximate surface area is 126 Å². The molecule has 2 N–H and O–H groups in total. The van der Waals surface area contributed by atoms with Gasteiger partial charge in [0.25, 0.3) is 0 Å². The zero-order valence-corrected chi connectivity index (χ0v) is 12.9. The Morgan fingerprint density at radius 3 is 2.24 bits per heavy atom. The molecule has 1 unspecified atom stereocenters. The highest BCUT2D eigenvalue weighted by atomic mass is 19.1. The van der Waals surface area contributed by atoms with E-state index in [4.69, 9.17) is 5.73 Å². The number of nitrogens with two attached hydrogens (primary N) is 1. The van der Waals surface area contributed by atoms with Crippen LogP contribution in [0, 0.1) is 12.7 Å². The topological polar surface area (TPSA) is 29.3 Å². The van der Waals surface area contributed by atoms with Gasteiger partial charge in [-0.25, -0.2) is 4.39 Å². The fraction of sp³-hybridized carbons (Fsp3) is 0.333. The molecular weight excluding hydrogens is 263 g/mol. The third-order valence-electron chi connectivity index (χ3n) is 3.65. The molecule has 0 aliphatic carbocycles. The average Bonchev–Trinajstić information content (AvgIpc) is 2.41. The molecule has 0 spiro atoms. The van der Waals surface area contributed by atoms with Crippen LogP contribution < -0.4 is 5.73 Å². The van der Waals surface area contributed by atoms with E-state index in [0.29, 0.717) is 18.5 Å². The van der Waals surface area contributed by atoms with Gasteiger partial charge in [-0.15, -0.1) is 0 Å². The van der Waals surface area contributed by atoms with E-state index >= 15 is 0 Å². The first-order valence-electron chi connectivity index (χ1n) is 7.15. The van der Waals surface area contributed by atoms with E-state index in [2.05, 4.69) is 31.2 Å². The van der Waals surface area contributed by atoms with Crippen molar-refractivity contribution in [3.63, 3.8) is 0 Å². The van der Waals surface area contributed by atoms with Crippen LogP contribution in [0.4, 0.5) is 4.39 Å². The smallest absolute Gasteiger partial charge is 0.128 e. The summed E-state index contributed by atoms with van der Waals surface area (Å²) < 4.78 is 14.2. The Morgan fingerprint density at radius 2 is 1.67 bits per heavy atom. The van der Waals surface area contributed by atoms with Crippen LogP contribution in [0.25, 0.3) is 0 Å². The van der Waals surface area contributed by atoms with Gasteiger partial charge in [0.2, 0.25) is 0 Å². The van der Waals surface area contributed by atoms with Crippen LogP contribution in [0.15, 0.2) is 48.5 Å². The van der Waals surface area contributed by atoms with Crippen LogP contribution in [0.1, 0.15) is 16.7 Å². The minimum absolute atomic E-state index is 0.242. The Bertz CT molecular complexity index is 592. The van der Waals surface area contributed by atoms with Crippen molar-refractivity contribution in [3.8, 4) is 0 Å². The van der Waals surface area contributed by atoms with E-state index in [-0.39, 0.29) is 5.82 Å². The molecule has 0 saturated heterocycles. The SMILES string of the molecule is Cc1ccc(CC(N)(CN(C)C)c2ccccc2F)cc1. The van der Waals surface area contributed by atoms with Gasteiger partial charge in [0.15, 0.2) is 0 Å². The molecule has 0 bridgehead atoms. The van der Waals surface area contributed by atoms with Gasteiger partial charge in [0.1, 0.15) is 5.82 Å². The molecule has 0 saturated carbocycles. The molecule has 0 heterocycles. The molecule has 2 aromatic rings. The zero-order chi connectivity index (χ0) is 15.5. The first-order chi connectivity index (χ1) is 9.90. The molecule has 0 aromatic heterocycles. The molecule has 0 fully saturated rings. The summed E-state index contributed by atoms with van der Waals surface area (Å²) in [5, 5.41) is 0. The van der Waals surface area contributed by atoms with Gasteiger partial charge in [0.05, 0.1) is 5.54 Å². The fourth-order valence-corrected chi connectivity index (χ4v) is 2.74. The van der Waals surface area contributed by atoms with Crippen molar-refractivity contribution in [1.29, 1.82) is 0 Å². The van der Waals surface area contributed by atoms with Crippen molar-refractivity contribution < 1.29 is 4.39 Å². The highest BCUT2D eigenvalue weighted by Gasteiger charge is 2.31. The maximum Gasteiger partial charge on any atom is 0.128 e. The summed E-state index contributed by atoms with van der Waals surface area (Å²) in [7, 11) is 3.91. The van der Waals surface area contributed by atoms with E-state index in [0.717, 1.165) is 5.56 Å². The lowest BCUT2D eigenvalue weighted by atomic mass is 9.83. The number of hydrogen-bond acceptors (Lipinski definition) is 2. The average molecular weight is 286 g/mol. The minimum Gasteiger partial charge on any atom is -0.320 e. The molecule has 21 heavy (non-hydrogen) atoms. The first kappa shape index (κ1) is 15.7. The van der Waals surface area contributed by atoms with Gasteiger partial charge in [-0.1, -0.05) is 48.0 Å². The molecule has 0 radical (unpaired) electrons. The van der Waals surface area contributed by atoms with Crippen LogP contribution >= 0.6 is 0 Å². The van der Waals surface area contributed by atoms with E-state index in [1.165, 1.54) is 11.6 Å². The summed E-state index contributed by atoms with van der Waals surface area (Å²) in [6.45, 7) is 2.64. The highest BCUT2D eigenvalue weighted by molar-refractivity contribution is 5.31. The molecule has 0 aliphatic rings. The van der Waals surface area contributed by atoms with Crippen LogP contribution in [0.3, 0.4) is 0 Å². The monoisotopic (exact) mass is 286 g/mol. The van der Waals surface area contributed by atoms with Crippen molar-refractivity contribution in [2.75, 3.05) is 20.6 Å². The second kappa shape index (κ2) is 6.37. The summed E-state index contributed by atoms with van der Waals surface area (Å²) >= 11 is 0. The summed E-state index contributed by atoms with van der Waals surface area (Å²) in [5.41, 5.74) is 8.76. The summed E-state index contributed by atoms with van der Waals surface area (Å²) in [5.74, 6) is -0.242. The maximum atomic E-state index is 14.2. The molecule has 2 aromatic carbocycles. The third-order valence-corrected chi connectivity index (χ3v) is 3.65. The van der Waals surface area contributed by atoms with Crippen molar-refractivity contribution in [1.82, 2.24) is 4.90 Å². The van der Waals surface area contributed by atoms with Crippen LogP contribution in [-0.4, -0.2) is 25.5 Å². The minimum atomic E-state index is -0.746. The number of nitrogens with zero attached hydrogens (tertiary/aromatic N) is 1. The number of halogens is 1. The predicted octanol–water partition coefficient (Wildman–Crippen LogP) is 3.09. The number of aryl methyl sites for hydroxylation is 1. The van der Waals surface area contributed by atoms with Gasteiger partial charge < -0.3 is 10.6 Å². The van der Waals surface area contributed by atoms with Crippen molar-refractivity contribution in [2.24, 2.45) is 5.73 Å². The van der Waals surface area contributed by atoms with E-state index in [9.17, 15) is 4.39 Å². The lowest BCUT2D eigenvalue weighted by Crippen LogP contribution is -2.48. The Kier molecular flexibility index (Phi) is 4.76. The maximum absolute atomic E-state index is 14.2. The second-order valence-electron chi connectivity index (χ2n) is 6.04. The largest absolute Gasteiger partial charge is 0.320 e. The zero-order valence-electron chi connectivity index (χ0n) is 12.9. The number of likely N-dealkylation sites (N-methyl/N-ethyl adjacent to an activating group) is 1. The molecular formula is C18H23FN2. The van der Waals surface area contributed by atoms with Crippen LogP contribution in [0.5, 0.6) is 0 Å². The predicted molar refractivity (Wildman–Crippen MR) is 85.7 cm³/mol. The number of benzene rings is 2. The highest BCUT2D eigenvalue weighted by Crippen LogP contribution is 2.26. The standard InChI is InChI=1S/C18H23FN2/c1-14-8-10-15(11-9-14)12-18(20,13-21(2)3)16-6-4-5-7-17(16)19/h4-11H,12-13,20H2,1-3H3. The normalized spacial score (nSPS) is 14.2. The molecule has 0 aliphatic heterocycles. The molecule has 112 valence electrons. The van der Waals surface area contributed by atoms with Gasteiger partial charge in [-0.2, -0.15) is 0 Å². The summed E-state index contributed by atoms with van der Waals surface area (Å²) in [6, 6.07) is 15.0. The lowest BCUT2D eigenvalue weighted by molar-refractivity contribution is 0.277. The quantitative estimate of drug-likeness (QED) is 0.915. The molecule has 2 nitrogen and oxygen atoms in total. The lowest BCUT2D eigenvalue weighted by Gasteiger charge is -2.33. The number of hydrogen-bond donors (Lipinski definition) is 1.